The van der Waals surface area contributed by atoms with Crippen molar-refractivity contribution in [1.29, 1.82) is 0 Å². The van der Waals surface area contributed by atoms with Gasteiger partial charge >= 0.3 is 0 Å². The van der Waals surface area contributed by atoms with E-state index in [1.54, 1.807) is 21.3 Å². The molecule has 6 heteroatoms. The molecule has 6 nitrogen and oxygen atoms in total. The normalized spacial score (nSPS) is 19.1. The average molecular weight is 293 g/mol. The van der Waals surface area contributed by atoms with E-state index < -0.39 is 0 Å². The van der Waals surface area contributed by atoms with Crippen LogP contribution in [-0.4, -0.2) is 57.8 Å². The van der Waals surface area contributed by atoms with E-state index in [-0.39, 0.29) is 11.9 Å². The van der Waals surface area contributed by atoms with E-state index in [0.29, 0.717) is 13.1 Å². The number of hydrogen-bond acceptors (Lipinski definition) is 5. The van der Waals surface area contributed by atoms with Crippen molar-refractivity contribution >= 4 is 5.91 Å². The molecule has 0 spiro atoms. The monoisotopic (exact) mass is 293 g/mol. The van der Waals surface area contributed by atoms with Gasteiger partial charge in [-0.15, -0.1) is 0 Å². The van der Waals surface area contributed by atoms with Crippen molar-refractivity contribution in [2.45, 2.75) is 12.6 Å². The topological polar surface area (TPSA) is 62.8 Å². The van der Waals surface area contributed by atoms with Gasteiger partial charge in [0.2, 0.25) is 5.91 Å². The molecule has 1 aromatic rings. The van der Waals surface area contributed by atoms with Gasteiger partial charge < -0.3 is 20.1 Å². The lowest BCUT2D eigenvalue weighted by Crippen LogP contribution is -2.56. The fourth-order valence-corrected chi connectivity index (χ4v) is 2.55. The first-order valence-corrected chi connectivity index (χ1v) is 7.06. The molecule has 1 heterocycles. The highest BCUT2D eigenvalue weighted by molar-refractivity contribution is 5.81. The fraction of sp³-hybridized carbons (Fsp3) is 0.533. The highest BCUT2D eigenvalue weighted by Crippen LogP contribution is 2.24. The minimum atomic E-state index is -0.152. The Morgan fingerprint density at radius 1 is 1.33 bits per heavy atom. The molecule has 0 bridgehead atoms. The van der Waals surface area contributed by atoms with E-state index in [1.165, 1.54) is 0 Å². The molecule has 116 valence electrons. The van der Waals surface area contributed by atoms with Crippen molar-refractivity contribution < 1.29 is 14.3 Å². The van der Waals surface area contributed by atoms with Crippen molar-refractivity contribution in [3.63, 3.8) is 0 Å². The van der Waals surface area contributed by atoms with Crippen molar-refractivity contribution in [2.75, 3.05) is 40.9 Å². The standard InChI is InChI=1S/C15H23N3O3/c1-16-15(19)14-9-17-4-5-18(14)10-11-6-12(20-2)8-13(7-11)21-3/h6-8,14,17H,4-5,9-10H2,1-3H3,(H,16,19). The number of benzene rings is 1. The van der Waals surface area contributed by atoms with Crippen LogP contribution in [0.15, 0.2) is 18.2 Å². The van der Waals surface area contributed by atoms with Crippen LogP contribution in [0.1, 0.15) is 5.56 Å². The molecule has 2 N–H and O–H groups in total. The highest BCUT2D eigenvalue weighted by atomic mass is 16.5. The molecule has 1 amide bonds. The third-order valence-electron chi connectivity index (χ3n) is 3.70. The molecule has 1 fully saturated rings. The van der Waals surface area contributed by atoms with Crippen molar-refractivity contribution in [1.82, 2.24) is 15.5 Å². The van der Waals surface area contributed by atoms with Crippen LogP contribution in [0.4, 0.5) is 0 Å². The Hall–Kier alpha value is -1.79. The fourth-order valence-electron chi connectivity index (χ4n) is 2.55. The number of methoxy groups -OCH3 is 2. The first-order valence-electron chi connectivity index (χ1n) is 7.06. The second-order valence-corrected chi connectivity index (χ2v) is 5.03. The van der Waals surface area contributed by atoms with E-state index in [2.05, 4.69) is 15.5 Å². The van der Waals surface area contributed by atoms with Crippen LogP contribution < -0.4 is 20.1 Å². The predicted octanol–water partition coefficient (Wildman–Crippen LogP) is 0.224. The Bertz CT molecular complexity index is 471. The maximum Gasteiger partial charge on any atom is 0.238 e. The molecular weight excluding hydrogens is 270 g/mol. The summed E-state index contributed by atoms with van der Waals surface area (Å²) in [5, 5.41) is 5.98. The third kappa shape index (κ3) is 3.86. The van der Waals surface area contributed by atoms with Gasteiger partial charge in [-0.2, -0.15) is 0 Å². The Kier molecular flexibility index (Phi) is 5.41. The Labute approximate surface area is 125 Å². The number of hydrogen-bond donors (Lipinski definition) is 2. The van der Waals surface area contributed by atoms with Gasteiger partial charge in [-0.05, 0) is 17.7 Å². The zero-order valence-corrected chi connectivity index (χ0v) is 12.8. The first-order chi connectivity index (χ1) is 10.2. The van der Waals surface area contributed by atoms with E-state index in [1.807, 2.05) is 18.2 Å². The SMILES string of the molecule is CNC(=O)C1CNCCN1Cc1cc(OC)cc(OC)c1. The van der Waals surface area contributed by atoms with E-state index in [4.69, 9.17) is 9.47 Å². The number of nitrogens with zero attached hydrogens (tertiary/aromatic N) is 1. The zero-order valence-electron chi connectivity index (χ0n) is 12.8. The molecule has 1 unspecified atom stereocenters. The summed E-state index contributed by atoms with van der Waals surface area (Å²) in [7, 11) is 4.94. The van der Waals surface area contributed by atoms with Crippen LogP contribution >= 0.6 is 0 Å². The number of amides is 1. The van der Waals surface area contributed by atoms with Gasteiger partial charge in [-0.3, -0.25) is 9.69 Å². The number of carbonyl (C=O) groups excluding carboxylic acids is 1. The van der Waals surface area contributed by atoms with Gasteiger partial charge in [0.05, 0.1) is 14.2 Å². The first kappa shape index (κ1) is 15.6. The van der Waals surface area contributed by atoms with Gasteiger partial charge in [0.1, 0.15) is 17.5 Å². The smallest absolute Gasteiger partial charge is 0.238 e. The minimum Gasteiger partial charge on any atom is -0.497 e. The summed E-state index contributed by atoms with van der Waals surface area (Å²) in [6.45, 7) is 3.07. The second kappa shape index (κ2) is 7.28. The molecule has 21 heavy (non-hydrogen) atoms. The summed E-state index contributed by atoms with van der Waals surface area (Å²) < 4.78 is 10.6. The molecule has 0 aliphatic carbocycles. The van der Waals surface area contributed by atoms with Crippen LogP contribution in [0, 0.1) is 0 Å². The Balaban J connectivity index is 2.16. The third-order valence-corrected chi connectivity index (χ3v) is 3.70. The summed E-state index contributed by atoms with van der Waals surface area (Å²) in [5.74, 6) is 1.56. The van der Waals surface area contributed by atoms with Crippen LogP contribution in [0.2, 0.25) is 0 Å². The van der Waals surface area contributed by atoms with E-state index >= 15 is 0 Å². The van der Waals surface area contributed by atoms with Gasteiger partial charge in [-0.1, -0.05) is 0 Å². The van der Waals surface area contributed by atoms with Crippen LogP contribution in [0.5, 0.6) is 11.5 Å². The molecule has 1 aromatic carbocycles. The van der Waals surface area contributed by atoms with Gasteiger partial charge in [0, 0.05) is 39.3 Å². The predicted molar refractivity (Wildman–Crippen MR) is 80.7 cm³/mol. The zero-order chi connectivity index (χ0) is 15.2. The van der Waals surface area contributed by atoms with Crippen LogP contribution in [0.3, 0.4) is 0 Å². The second-order valence-electron chi connectivity index (χ2n) is 5.03. The number of piperazine rings is 1. The van der Waals surface area contributed by atoms with Crippen molar-refractivity contribution in [3.8, 4) is 11.5 Å². The maximum absolute atomic E-state index is 12.0. The van der Waals surface area contributed by atoms with Crippen LogP contribution in [-0.2, 0) is 11.3 Å². The average Bonchev–Trinajstić information content (AvgIpc) is 2.54. The molecule has 0 radical (unpaired) electrons. The van der Waals surface area contributed by atoms with Crippen LogP contribution in [0.25, 0.3) is 0 Å². The van der Waals surface area contributed by atoms with Gasteiger partial charge in [0.15, 0.2) is 0 Å². The van der Waals surface area contributed by atoms with Crippen molar-refractivity contribution in [2.24, 2.45) is 0 Å². The molecule has 1 aliphatic rings. The Morgan fingerprint density at radius 3 is 2.57 bits per heavy atom. The molecular formula is C15H23N3O3. The van der Waals surface area contributed by atoms with Gasteiger partial charge in [0.25, 0.3) is 0 Å². The molecule has 1 atom stereocenters. The Morgan fingerprint density at radius 2 is 2.00 bits per heavy atom. The molecule has 2 rings (SSSR count). The summed E-state index contributed by atoms with van der Waals surface area (Å²) in [6, 6.07) is 5.65. The van der Waals surface area contributed by atoms with E-state index in [0.717, 1.165) is 30.2 Å². The van der Waals surface area contributed by atoms with Gasteiger partial charge in [-0.25, -0.2) is 0 Å². The van der Waals surface area contributed by atoms with E-state index in [9.17, 15) is 4.79 Å². The lowest BCUT2D eigenvalue weighted by Gasteiger charge is -2.35. The summed E-state index contributed by atoms with van der Waals surface area (Å²) in [6.07, 6.45) is 0. The number of rotatable bonds is 5. The quantitative estimate of drug-likeness (QED) is 0.813. The molecule has 1 aliphatic heterocycles. The summed E-state index contributed by atoms with van der Waals surface area (Å²) in [5.41, 5.74) is 1.07. The molecule has 0 aromatic heterocycles. The number of likely N-dealkylation sites (N-methyl/N-ethyl adjacent to an activating group) is 1. The molecule has 1 saturated heterocycles. The molecule has 0 saturated carbocycles. The number of ether oxygens (including phenoxy) is 2. The van der Waals surface area contributed by atoms with Crippen molar-refractivity contribution in [3.05, 3.63) is 23.8 Å². The lowest BCUT2D eigenvalue weighted by molar-refractivity contribution is -0.126. The number of carbonyl (C=O) groups is 1. The number of nitrogens with one attached hydrogen (secondary N) is 2. The highest BCUT2D eigenvalue weighted by Gasteiger charge is 2.27. The maximum atomic E-state index is 12.0. The summed E-state index contributed by atoms with van der Waals surface area (Å²) >= 11 is 0. The minimum absolute atomic E-state index is 0.0389. The lowest BCUT2D eigenvalue weighted by atomic mass is 10.1. The largest absolute Gasteiger partial charge is 0.497 e. The summed E-state index contributed by atoms with van der Waals surface area (Å²) in [4.78, 5) is 14.1.